The van der Waals surface area contributed by atoms with Gasteiger partial charge in [0.25, 0.3) is 0 Å². The topological polar surface area (TPSA) is 17.1 Å². The van der Waals surface area contributed by atoms with E-state index in [9.17, 15) is 4.79 Å². The highest BCUT2D eigenvalue weighted by Crippen LogP contribution is 2.13. The van der Waals surface area contributed by atoms with Crippen molar-refractivity contribution >= 4 is 5.78 Å². The number of hydrogen-bond acceptors (Lipinski definition) is 1. The van der Waals surface area contributed by atoms with E-state index in [-0.39, 0.29) is 0 Å². The summed E-state index contributed by atoms with van der Waals surface area (Å²) in [6.07, 6.45) is 54.0. The molecule has 0 bridgehead atoms. The highest BCUT2D eigenvalue weighted by Gasteiger charge is 2.01. The fourth-order valence-electron chi connectivity index (χ4n) is 5.54. The highest BCUT2D eigenvalue weighted by molar-refractivity contribution is 5.78. The van der Waals surface area contributed by atoms with E-state index >= 15 is 0 Å². The summed E-state index contributed by atoms with van der Waals surface area (Å²) in [4.78, 5) is 12.1. The molecule has 0 atom stereocenters. The molecule has 0 N–H and O–H groups in total. The molecule has 0 rings (SSSR count). The average molecular weight is 571 g/mol. The number of unbranched alkanes of at least 4 members (excludes halogenated alkanes) is 24. The summed E-state index contributed by atoms with van der Waals surface area (Å²) in [5.74, 6) is 0.494. The molecule has 0 unspecified atom stereocenters. The quantitative estimate of drug-likeness (QED) is 0.0555. The zero-order chi connectivity index (χ0) is 29.7. The number of carbonyl (C=O) groups excluding carboxylic acids is 1. The molecule has 0 fully saturated rings. The molecule has 0 aromatic heterocycles. The van der Waals surface area contributed by atoms with Crippen LogP contribution in [0.5, 0.6) is 0 Å². The molecule has 0 aromatic carbocycles. The lowest BCUT2D eigenvalue weighted by Crippen LogP contribution is -1.97. The Morgan fingerprint density at radius 3 is 0.951 bits per heavy atom. The van der Waals surface area contributed by atoms with Gasteiger partial charge in [-0.15, -0.1) is 0 Å². The molecule has 240 valence electrons. The number of Topliss-reactive ketones (excluding diaryl/α,β-unsaturated/α-hetero) is 1. The van der Waals surface area contributed by atoms with E-state index in [2.05, 4.69) is 50.3 Å². The van der Waals surface area contributed by atoms with Gasteiger partial charge in [0.15, 0.2) is 0 Å². The van der Waals surface area contributed by atoms with Crippen molar-refractivity contribution in [1.82, 2.24) is 0 Å². The number of rotatable bonds is 34. The minimum atomic E-state index is 0.494. The Balaban J connectivity index is 3.29. The van der Waals surface area contributed by atoms with Crippen molar-refractivity contribution in [2.45, 2.75) is 213 Å². The lowest BCUT2D eigenvalue weighted by Gasteiger charge is -2.02. The van der Waals surface area contributed by atoms with Crippen molar-refractivity contribution in [3.05, 3.63) is 36.5 Å². The van der Waals surface area contributed by atoms with E-state index in [1.54, 1.807) is 0 Å². The van der Waals surface area contributed by atoms with Gasteiger partial charge in [-0.2, -0.15) is 0 Å². The fraction of sp³-hybridized carbons (Fsp3) is 0.825. The average Bonchev–Trinajstić information content (AvgIpc) is 2.98. The van der Waals surface area contributed by atoms with Gasteiger partial charge in [-0.3, -0.25) is 4.79 Å². The molecule has 0 aromatic rings. The first kappa shape index (κ1) is 39.9. The second-order valence-corrected chi connectivity index (χ2v) is 12.6. The molecule has 0 heterocycles. The van der Waals surface area contributed by atoms with Crippen LogP contribution in [0, 0.1) is 0 Å². The van der Waals surface area contributed by atoms with Crippen molar-refractivity contribution < 1.29 is 4.79 Å². The van der Waals surface area contributed by atoms with Gasteiger partial charge < -0.3 is 0 Å². The first-order valence-corrected chi connectivity index (χ1v) is 18.8. The van der Waals surface area contributed by atoms with Crippen LogP contribution in [0.1, 0.15) is 213 Å². The van der Waals surface area contributed by atoms with Crippen LogP contribution in [0.4, 0.5) is 0 Å². The van der Waals surface area contributed by atoms with Crippen LogP contribution in [-0.4, -0.2) is 5.78 Å². The number of carbonyl (C=O) groups is 1. The van der Waals surface area contributed by atoms with Gasteiger partial charge in [-0.1, -0.05) is 166 Å². The molecule has 0 aliphatic carbocycles. The van der Waals surface area contributed by atoms with E-state index in [0.717, 1.165) is 32.1 Å². The Labute approximate surface area is 259 Å². The lowest BCUT2D eigenvalue weighted by molar-refractivity contribution is -0.119. The van der Waals surface area contributed by atoms with Crippen molar-refractivity contribution in [3.8, 4) is 0 Å². The Morgan fingerprint density at radius 2 is 0.610 bits per heavy atom. The van der Waals surface area contributed by atoms with Crippen LogP contribution in [0.15, 0.2) is 36.5 Å². The van der Waals surface area contributed by atoms with Crippen LogP contribution in [0.2, 0.25) is 0 Å². The third-order valence-corrected chi connectivity index (χ3v) is 8.37. The predicted octanol–water partition coefficient (Wildman–Crippen LogP) is 14.4. The second-order valence-electron chi connectivity index (χ2n) is 12.6. The minimum Gasteiger partial charge on any atom is -0.300 e. The molecule has 41 heavy (non-hydrogen) atoms. The number of hydrogen-bond donors (Lipinski definition) is 0. The molecule has 0 amide bonds. The summed E-state index contributed by atoms with van der Waals surface area (Å²) in [7, 11) is 0. The third-order valence-electron chi connectivity index (χ3n) is 8.37. The summed E-state index contributed by atoms with van der Waals surface area (Å²) < 4.78 is 0. The Kier molecular flexibility index (Phi) is 35.9. The van der Waals surface area contributed by atoms with Gasteiger partial charge in [0, 0.05) is 12.8 Å². The monoisotopic (exact) mass is 571 g/mol. The molecule has 1 nitrogen and oxygen atoms in total. The van der Waals surface area contributed by atoms with E-state index in [1.807, 2.05) is 0 Å². The molecule has 0 radical (unpaired) electrons. The normalized spacial score (nSPS) is 12.0. The largest absolute Gasteiger partial charge is 0.300 e. The molecule has 0 saturated heterocycles. The zero-order valence-electron chi connectivity index (χ0n) is 28.3. The summed E-state index contributed by atoms with van der Waals surface area (Å²) in [6, 6.07) is 0. The van der Waals surface area contributed by atoms with Crippen LogP contribution < -0.4 is 0 Å². The maximum Gasteiger partial charge on any atom is 0.132 e. The molecular formula is C40H74O. The molecule has 0 aliphatic heterocycles. The van der Waals surface area contributed by atoms with Crippen molar-refractivity contribution in [3.63, 3.8) is 0 Å². The van der Waals surface area contributed by atoms with E-state index in [4.69, 9.17) is 0 Å². The van der Waals surface area contributed by atoms with Crippen LogP contribution >= 0.6 is 0 Å². The summed E-state index contributed by atoms with van der Waals surface area (Å²) in [5, 5.41) is 0. The number of allylic oxidation sites excluding steroid dienone is 6. The Hall–Kier alpha value is -1.11. The van der Waals surface area contributed by atoms with Crippen molar-refractivity contribution in [1.29, 1.82) is 0 Å². The van der Waals surface area contributed by atoms with Gasteiger partial charge >= 0.3 is 0 Å². The summed E-state index contributed by atoms with van der Waals surface area (Å²) in [6.45, 7) is 4.57. The Bertz CT molecular complexity index is 584. The standard InChI is InChI=1S/C40H74O/c1-3-5-7-9-11-13-15-17-19-21-22-23-25-27-29-31-33-35-37-39-40(41)38-36-34-32-30-28-26-24-20-18-16-14-12-10-8-6-4-2/h21-22,24-27H,3-20,23,28-39H2,1-2H3/b22-21+,26-24+,27-25-. The van der Waals surface area contributed by atoms with Gasteiger partial charge in [-0.25, -0.2) is 0 Å². The maximum absolute atomic E-state index is 12.1. The molecule has 0 spiro atoms. The van der Waals surface area contributed by atoms with Gasteiger partial charge in [-0.05, 0) is 70.6 Å². The number of ketones is 1. The minimum absolute atomic E-state index is 0.494. The molecular weight excluding hydrogens is 496 g/mol. The first-order valence-electron chi connectivity index (χ1n) is 18.8. The SMILES string of the molecule is CCCCCCCCCC/C=C/C/C=C\CCCCCCC(=O)CCCCCC/C=C/CCCCCCCCCC. The molecule has 1 heteroatoms. The van der Waals surface area contributed by atoms with Gasteiger partial charge in [0.05, 0.1) is 0 Å². The predicted molar refractivity (Wildman–Crippen MR) is 187 cm³/mol. The van der Waals surface area contributed by atoms with E-state index in [0.29, 0.717) is 5.78 Å². The second kappa shape index (κ2) is 36.9. The fourth-order valence-corrected chi connectivity index (χ4v) is 5.54. The summed E-state index contributed by atoms with van der Waals surface area (Å²) >= 11 is 0. The highest BCUT2D eigenvalue weighted by atomic mass is 16.1. The summed E-state index contributed by atoms with van der Waals surface area (Å²) in [5.41, 5.74) is 0. The molecule has 0 saturated carbocycles. The van der Waals surface area contributed by atoms with Gasteiger partial charge in [0.1, 0.15) is 5.78 Å². The van der Waals surface area contributed by atoms with Crippen molar-refractivity contribution in [2.24, 2.45) is 0 Å². The zero-order valence-corrected chi connectivity index (χ0v) is 28.3. The lowest BCUT2D eigenvalue weighted by atomic mass is 10.0. The van der Waals surface area contributed by atoms with E-state index in [1.165, 1.54) is 167 Å². The smallest absolute Gasteiger partial charge is 0.132 e. The Morgan fingerprint density at radius 1 is 0.341 bits per heavy atom. The van der Waals surface area contributed by atoms with Gasteiger partial charge in [0.2, 0.25) is 0 Å². The van der Waals surface area contributed by atoms with Crippen molar-refractivity contribution in [2.75, 3.05) is 0 Å². The van der Waals surface area contributed by atoms with Crippen LogP contribution in [0.25, 0.3) is 0 Å². The maximum atomic E-state index is 12.1. The third kappa shape index (κ3) is 36.9. The van der Waals surface area contributed by atoms with E-state index < -0.39 is 0 Å². The first-order chi connectivity index (χ1) is 20.3. The molecule has 0 aliphatic rings. The van der Waals surface area contributed by atoms with Crippen LogP contribution in [-0.2, 0) is 4.79 Å². The van der Waals surface area contributed by atoms with Crippen LogP contribution in [0.3, 0.4) is 0 Å².